The van der Waals surface area contributed by atoms with Crippen LogP contribution in [0.2, 0.25) is 0 Å². The first kappa shape index (κ1) is 13.0. The minimum Gasteiger partial charge on any atom is -0.478 e. The number of pyridine rings is 1. The molecule has 2 atom stereocenters. The van der Waals surface area contributed by atoms with Gasteiger partial charge in [-0.2, -0.15) is 0 Å². The molecule has 1 aromatic rings. The first-order chi connectivity index (χ1) is 8.51. The Morgan fingerprint density at radius 2 is 2.44 bits per heavy atom. The van der Waals surface area contributed by atoms with Gasteiger partial charge in [-0.25, -0.2) is 4.79 Å². The Bertz CT molecular complexity index is 432. The summed E-state index contributed by atoms with van der Waals surface area (Å²) in [6.07, 6.45) is 2.54. The molecule has 2 unspecified atom stereocenters. The van der Waals surface area contributed by atoms with Gasteiger partial charge in [-0.15, -0.1) is 0 Å². The van der Waals surface area contributed by atoms with Crippen molar-refractivity contribution in [1.82, 2.24) is 10.3 Å². The Morgan fingerprint density at radius 1 is 1.67 bits per heavy atom. The maximum atomic E-state index is 10.7. The van der Waals surface area contributed by atoms with E-state index < -0.39 is 5.97 Å². The average Bonchev–Trinajstić information content (AvgIpc) is 2.68. The summed E-state index contributed by atoms with van der Waals surface area (Å²) in [5.74, 6) is -0.952. The van der Waals surface area contributed by atoms with Crippen LogP contribution in [0.15, 0.2) is 18.3 Å². The monoisotopic (exact) mass is 250 g/mol. The summed E-state index contributed by atoms with van der Waals surface area (Å²) in [6, 6.07) is 3.31. The van der Waals surface area contributed by atoms with E-state index in [1.165, 1.54) is 6.20 Å². The van der Waals surface area contributed by atoms with Gasteiger partial charge in [-0.1, -0.05) is 0 Å². The molecule has 98 valence electrons. The zero-order chi connectivity index (χ0) is 13.2. The molecule has 5 heteroatoms. The molecule has 0 radical (unpaired) electrons. The van der Waals surface area contributed by atoms with E-state index in [2.05, 4.69) is 24.1 Å². The zero-order valence-electron chi connectivity index (χ0n) is 10.6. The van der Waals surface area contributed by atoms with E-state index in [4.69, 9.17) is 9.84 Å². The number of nitrogens with one attached hydrogen (secondary N) is 1. The van der Waals surface area contributed by atoms with E-state index in [9.17, 15) is 4.79 Å². The lowest BCUT2D eigenvalue weighted by Crippen LogP contribution is -2.47. The van der Waals surface area contributed by atoms with Crippen LogP contribution < -0.4 is 5.32 Å². The predicted molar refractivity (Wildman–Crippen MR) is 66.5 cm³/mol. The molecular formula is C13H18N2O3. The van der Waals surface area contributed by atoms with Gasteiger partial charge >= 0.3 is 5.97 Å². The van der Waals surface area contributed by atoms with Gasteiger partial charge < -0.3 is 15.2 Å². The third-order valence-electron chi connectivity index (χ3n) is 3.63. The molecular weight excluding hydrogens is 232 g/mol. The minimum absolute atomic E-state index is 0.0346. The standard InChI is InChI=1S/C13H18N2O3/c1-9-13(2,5-6-18-9)15-8-11-4-3-10(7-14-11)12(16)17/h3-4,7,9,15H,5-6,8H2,1-2H3,(H,16,17). The Kier molecular flexibility index (Phi) is 3.63. The number of hydrogen-bond donors (Lipinski definition) is 2. The molecule has 0 aliphatic carbocycles. The summed E-state index contributed by atoms with van der Waals surface area (Å²) in [5, 5.41) is 12.2. The highest BCUT2D eigenvalue weighted by atomic mass is 16.5. The lowest BCUT2D eigenvalue weighted by Gasteiger charge is -2.28. The SMILES string of the molecule is CC1OCCC1(C)NCc1ccc(C(=O)O)cn1. The first-order valence-electron chi connectivity index (χ1n) is 6.06. The van der Waals surface area contributed by atoms with Crippen molar-refractivity contribution in [2.24, 2.45) is 0 Å². The largest absolute Gasteiger partial charge is 0.478 e. The number of aromatic nitrogens is 1. The molecule has 0 saturated carbocycles. The molecule has 0 amide bonds. The number of carboxylic acids is 1. The second-order valence-electron chi connectivity index (χ2n) is 4.88. The number of ether oxygens (including phenoxy) is 1. The number of carbonyl (C=O) groups is 1. The van der Waals surface area contributed by atoms with Crippen LogP contribution in [0, 0.1) is 0 Å². The Hall–Kier alpha value is -1.46. The van der Waals surface area contributed by atoms with Gasteiger partial charge in [0.05, 0.1) is 17.4 Å². The molecule has 5 nitrogen and oxygen atoms in total. The number of nitrogens with zero attached hydrogens (tertiary/aromatic N) is 1. The highest BCUT2D eigenvalue weighted by Gasteiger charge is 2.36. The number of rotatable bonds is 4. The van der Waals surface area contributed by atoms with Gasteiger partial charge in [-0.05, 0) is 32.4 Å². The fraction of sp³-hybridized carbons (Fsp3) is 0.538. The van der Waals surface area contributed by atoms with Gasteiger partial charge in [0.15, 0.2) is 0 Å². The predicted octanol–water partition coefficient (Wildman–Crippen LogP) is 1.44. The van der Waals surface area contributed by atoms with Gasteiger partial charge in [0.2, 0.25) is 0 Å². The average molecular weight is 250 g/mol. The third kappa shape index (κ3) is 2.68. The van der Waals surface area contributed by atoms with Crippen molar-refractivity contribution in [1.29, 1.82) is 0 Å². The van der Waals surface area contributed by atoms with Crippen LogP contribution in [0.25, 0.3) is 0 Å². The lowest BCUT2D eigenvalue weighted by atomic mass is 9.94. The van der Waals surface area contributed by atoms with E-state index in [1.54, 1.807) is 12.1 Å². The molecule has 2 rings (SSSR count). The highest BCUT2D eigenvalue weighted by Crippen LogP contribution is 2.25. The van der Waals surface area contributed by atoms with Crippen molar-refractivity contribution in [3.8, 4) is 0 Å². The molecule has 18 heavy (non-hydrogen) atoms. The molecule has 1 aromatic heterocycles. The molecule has 1 saturated heterocycles. The quantitative estimate of drug-likeness (QED) is 0.846. The molecule has 1 aliphatic heterocycles. The van der Waals surface area contributed by atoms with Gasteiger partial charge in [0.25, 0.3) is 0 Å². The van der Waals surface area contributed by atoms with Crippen molar-refractivity contribution in [2.45, 2.75) is 38.5 Å². The molecule has 1 aliphatic rings. The third-order valence-corrected chi connectivity index (χ3v) is 3.63. The van der Waals surface area contributed by atoms with Crippen molar-refractivity contribution < 1.29 is 14.6 Å². The van der Waals surface area contributed by atoms with E-state index in [0.29, 0.717) is 6.54 Å². The van der Waals surface area contributed by atoms with Crippen LogP contribution in [0.5, 0.6) is 0 Å². The van der Waals surface area contributed by atoms with Gasteiger partial charge in [0.1, 0.15) is 0 Å². The smallest absolute Gasteiger partial charge is 0.337 e. The van der Waals surface area contributed by atoms with E-state index >= 15 is 0 Å². The molecule has 0 bridgehead atoms. The molecule has 2 N–H and O–H groups in total. The van der Waals surface area contributed by atoms with Crippen molar-refractivity contribution >= 4 is 5.97 Å². The summed E-state index contributed by atoms with van der Waals surface area (Å²) in [7, 11) is 0. The Morgan fingerprint density at radius 3 is 2.94 bits per heavy atom. The summed E-state index contributed by atoms with van der Waals surface area (Å²) in [5.41, 5.74) is 1.01. The molecule has 1 fully saturated rings. The second kappa shape index (κ2) is 5.04. The van der Waals surface area contributed by atoms with Crippen molar-refractivity contribution in [3.05, 3.63) is 29.6 Å². The summed E-state index contributed by atoms with van der Waals surface area (Å²) in [6.45, 7) is 5.58. The number of carboxylic acid groups (broad SMARTS) is 1. The first-order valence-corrected chi connectivity index (χ1v) is 6.06. The molecule has 0 aromatic carbocycles. The van der Waals surface area contributed by atoms with Crippen molar-refractivity contribution in [2.75, 3.05) is 6.61 Å². The minimum atomic E-state index is -0.952. The van der Waals surface area contributed by atoms with Crippen LogP contribution >= 0.6 is 0 Å². The molecule has 2 heterocycles. The maximum absolute atomic E-state index is 10.7. The van der Waals surface area contributed by atoms with E-state index in [-0.39, 0.29) is 17.2 Å². The fourth-order valence-electron chi connectivity index (χ4n) is 2.02. The van der Waals surface area contributed by atoms with Crippen LogP contribution in [-0.4, -0.2) is 34.3 Å². The lowest BCUT2D eigenvalue weighted by molar-refractivity contribution is 0.0696. The zero-order valence-corrected chi connectivity index (χ0v) is 10.6. The Labute approximate surface area is 106 Å². The summed E-state index contributed by atoms with van der Waals surface area (Å²) >= 11 is 0. The molecule has 0 spiro atoms. The van der Waals surface area contributed by atoms with Gasteiger partial charge in [0, 0.05) is 24.9 Å². The van der Waals surface area contributed by atoms with Crippen LogP contribution in [0.3, 0.4) is 0 Å². The van der Waals surface area contributed by atoms with E-state index in [0.717, 1.165) is 18.7 Å². The van der Waals surface area contributed by atoms with E-state index in [1.807, 2.05) is 0 Å². The topological polar surface area (TPSA) is 71.5 Å². The summed E-state index contributed by atoms with van der Waals surface area (Å²) < 4.78 is 5.55. The number of hydrogen-bond acceptors (Lipinski definition) is 4. The summed E-state index contributed by atoms with van der Waals surface area (Å²) in [4.78, 5) is 14.8. The highest BCUT2D eigenvalue weighted by molar-refractivity contribution is 5.87. The normalized spacial score (nSPS) is 27.3. The second-order valence-corrected chi connectivity index (χ2v) is 4.88. The Balaban J connectivity index is 1.96. The number of aromatic carboxylic acids is 1. The van der Waals surface area contributed by atoms with Crippen LogP contribution in [0.4, 0.5) is 0 Å². The van der Waals surface area contributed by atoms with Crippen LogP contribution in [-0.2, 0) is 11.3 Å². The van der Waals surface area contributed by atoms with Gasteiger partial charge in [-0.3, -0.25) is 4.98 Å². The maximum Gasteiger partial charge on any atom is 0.337 e. The fourth-order valence-corrected chi connectivity index (χ4v) is 2.02. The van der Waals surface area contributed by atoms with Crippen LogP contribution in [0.1, 0.15) is 36.3 Å². The van der Waals surface area contributed by atoms with Crippen molar-refractivity contribution in [3.63, 3.8) is 0 Å².